The van der Waals surface area contributed by atoms with E-state index in [-0.39, 0.29) is 11.9 Å². The maximum Gasteiger partial charge on any atom is 0.333 e. The van der Waals surface area contributed by atoms with Crippen LogP contribution < -0.4 is 0 Å². The zero-order valence-corrected chi connectivity index (χ0v) is 16.3. The van der Waals surface area contributed by atoms with Gasteiger partial charge in [-0.25, -0.2) is 9.59 Å². The first-order valence-electron chi connectivity index (χ1n) is 10.1. The average molecular weight is 360 g/mol. The molecule has 0 amide bonds. The number of carbonyl (C=O) groups is 2. The molecular weight excluding hydrogens is 328 g/mol. The Hall–Kier alpha value is -1.58. The molecule has 0 radical (unpaired) electrons. The lowest BCUT2D eigenvalue weighted by Gasteiger charge is -2.58. The molecule has 0 saturated heterocycles. The first-order chi connectivity index (χ1) is 12.3. The van der Waals surface area contributed by atoms with Gasteiger partial charge in [0.25, 0.3) is 0 Å². The highest BCUT2D eigenvalue weighted by Crippen LogP contribution is 2.57. The van der Waals surface area contributed by atoms with Gasteiger partial charge in [0, 0.05) is 11.1 Å². The first-order valence-corrected chi connectivity index (χ1v) is 10.1. The van der Waals surface area contributed by atoms with Crippen LogP contribution in [-0.4, -0.2) is 23.1 Å². The van der Waals surface area contributed by atoms with Gasteiger partial charge in [0.1, 0.15) is 0 Å². The summed E-state index contributed by atoms with van der Waals surface area (Å²) >= 11 is 0. The second-order valence-electron chi connectivity index (χ2n) is 8.75. The highest BCUT2D eigenvalue weighted by molar-refractivity contribution is 5.88. The van der Waals surface area contributed by atoms with Gasteiger partial charge in [-0.05, 0) is 64.2 Å². The molecule has 3 fully saturated rings. The van der Waals surface area contributed by atoms with E-state index >= 15 is 0 Å². The van der Waals surface area contributed by atoms with Crippen LogP contribution in [0, 0.1) is 11.8 Å². The zero-order valence-electron chi connectivity index (χ0n) is 16.3. The Balaban J connectivity index is 1.99. The SMILES string of the molecule is C=C(C)C(=O)OC12CCCCC1(OC(=O)C(=C)C)CC1CCCCC1C2. The van der Waals surface area contributed by atoms with Crippen LogP contribution in [0.5, 0.6) is 0 Å². The largest absolute Gasteiger partial charge is 0.451 e. The van der Waals surface area contributed by atoms with Crippen LogP contribution >= 0.6 is 0 Å². The minimum absolute atomic E-state index is 0.364. The monoisotopic (exact) mass is 360 g/mol. The molecule has 0 spiro atoms. The van der Waals surface area contributed by atoms with Crippen LogP contribution in [0.25, 0.3) is 0 Å². The summed E-state index contributed by atoms with van der Waals surface area (Å²) in [6, 6.07) is 0. The van der Waals surface area contributed by atoms with E-state index in [4.69, 9.17) is 9.47 Å². The van der Waals surface area contributed by atoms with Crippen LogP contribution in [0.3, 0.4) is 0 Å². The summed E-state index contributed by atoms with van der Waals surface area (Å²) in [6.07, 6.45) is 9.97. The van der Waals surface area contributed by atoms with E-state index in [0.29, 0.717) is 23.0 Å². The van der Waals surface area contributed by atoms with E-state index in [9.17, 15) is 9.59 Å². The second kappa shape index (κ2) is 7.21. The van der Waals surface area contributed by atoms with Gasteiger partial charge < -0.3 is 9.47 Å². The molecule has 0 aromatic heterocycles. The standard InChI is InChI=1S/C22H32O4/c1-15(2)19(23)25-21-11-7-8-12-22(21,26-20(24)16(3)4)14-18-10-6-5-9-17(18)13-21/h17-18H,1,3,5-14H2,2,4H3. The van der Waals surface area contributed by atoms with E-state index in [1.165, 1.54) is 25.7 Å². The van der Waals surface area contributed by atoms with Crippen molar-refractivity contribution >= 4 is 11.9 Å². The molecule has 4 nitrogen and oxygen atoms in total. The third-order valence-electron chi connectivity index (χ3n) is 6.76. The quantitative estimate of drug-likeness (QED) is 0.530. The minimum atomic E-state index is -0.717. The smallest absolute Gasteiger partial charge is 0.333 e. The average Bonchev–Trinajstić information content (AvgIpc) is 2.59. The fraction of sp³-hybridized carbons (Fsp3) is 0.727. The van der Waals surface area contributed by atoms with Crippen LogP contribution in [0.1, 0.15) is 78.1 Å². The topological polar surface area (TPSA) is 52.6 Å². The molecule has 4 heteroatoms. The number of ether oxygens (including phenoxy) is 2. The normalized spacial score (nSPS) is 36.2. The molecule has 3 aliphatic rings. The van der Waals surface area contributed by atoms with Crippen molar-refractivity contribution in [1.29, 1.82) is 0 Å². The maximum atomic E-state index is 12.5. The van der Waals surface area contributed by atoms with Gasteiger partial charge in [0.15, 0.2) is 11.2 Å². The lowest BCUT2D eigenvalue weighted by molar-refractivity contribution is -0.248. The molecule has 0 aliphatic heterocycles. The molecule has 3 aliphatic carbocycles. The predicted molar refractivity (Wildman–Crippen MR) is 100 cm³/mol. The van der Waals surface area contributed by atoms with Crippen molar-refractivity contribution in [3.05, 3.63) is 24.3 Å². The van der Waals surface area contributed by atoms with E-state index < -0.39 is 11.2 Å². The molecule has 0 heterocycles. The van der Waals surface area contributed by atoms with Gasteiger partial charge in [0.05, 0.1) is 0 Å². The number of esters is 2. The molecule has 144 valence electrons. The Morgan fingerprint density at radius 1 is 0.769 bits per heavy atom. The third-order valence-corrected chi connectivity index (χ3v) is 6.76. The third kappa shape index (κ3) is 3.35. The van der Waals surface area contributed by atoms with Gasteiger partial charge in [-0.3, -0.25) is 0 Å². The van der Waals surface area contributed by atoms with Gasteiger partial charge in [0.2, 0.25) is 0 Å². The zero-order chi connectivity index (χ0) is 18.9. The van der Waals surface area contributed by atoms with E-state index in [1.807, 2.05) is 0 Å². The molecular formula is C22H32O4. The molecule has 4 atom stereocenters. The van der Waals surface area contributed by atoms with Crippen LogP contribution in [0.2, 0.25) is 0 Å². The van der Waals surface area contributed by atoms with E-state index in [1.54, 1.807) is 13.8 Å². The molecule has 3 rings (SSSR count). The van der Waals surface area contributed by atoms with Crippen molar-refractivity contribution in [2.45, 2.75) is 89.3 Å². The van der Waals surface area contributed by atoms with Crippen molar-refractivity contribution < 1.29 is 19.1 Å². The summed E-state index contributed by atoms with van der Waals surface area (Å²) in [5.74, 6) is 0.377. The van der Waals surface area contributed by atoms with Crippen molar-refractivity contribution in [2.75, 3.05) is 0 Å². The fourth-order valence-corrected chi connectivity index (χ4v) is 5.42. The fourth-order valence-electron chi connectivity index (χ4n) is 5.42. The second-order valence-corrected chi connectivity index (χ2v) is 8.75. The number of fused-ring (bicyclic) bond motifs is 2. The lowest BCUT2D eigenvalue weighted by Crippen LogP contribution is -2.65. The Labute approximate surface area is 157 Å². The minimum Gasteiger partial charge on any atom is -0.451 e. The van der Waals surface area contributed by atoms with Crippen molar-refractivity contribution in [3.63, 3.8) is 0 Å². The van der Waals surface area contributed by atoms with E-state index in [2.05, 4.69) is 13.2 Å². The highest BCUT2D eigenvalue weighted by atomic mass is 16.6. The van der Waals surface area contributed by atoms with Crippen LogP contribution in [0.15, 0.2) is 24.3 Å². The van der Waals surface area contributed by atoms with Gasteiger partial charge in [-0.2, -0.15) is 0 Å². The number of hydrogen-bond donors (Lipinski definition) is 0. The molecule has 0 aromatic rings. The molecule has 3 saturated carbocycles. The Kier molecular flexibility index (Phi) is 5.32. The maximum absolute atomic E-state index is 12.5. The lowest BCUT2D eigenvalue weighted by atomic mass is 9.55. The summed E-state index contributed by atoms with van der Waals surface area (Å²) in [5.41, 5.74) is -0.637. The Bertz CT molecular complexity index is 568. The van der Waals surface area contributed by atoms with Crippen molar-refractivity contribution in [3.8, 4) is 0 Å². The molecule has 0 N–H and O–H groups in total. The summed E-state index contributed by atoms with van der Waals surface area (Å²) in [7, 11) is 0. The Morgan fingerprint density at radius 3 is 1.50 bits per heavy atom. The summed E-state index contributed by atoms with van der Waals surface area (Å²) in [4.78, 5) is 25.0. The van der Waals surface area contributed by atoms with Crippen molar-refractivity contribution in [2.24, 2.45) is 11.8 Å². The first kappa shape index (κ1) is 19.2. The Morgan fingerprint density at radius 2 is 1.15 bits per heavy atom. The van der Waals surface area contributed by atoms with E-state index in [0.717, 1.165) is 38.5 Å². The number of carbonyl (C=O) groups excluding carboxylic acids is 2. The number of hydrogen-bond acceptors (Lipinski definition) is 4. The molecule has 4 unspecified atom stereocenters. The predicted octanol–water partition coefficient (Wildman–Crippen LogP) is 4.88. The summed E-state index contributed by atoms with van der Waals surface area (Å²) in [5, 5.41) is 0. The molecule has 0 aromatic carbocycles. The van der Waals surface area contributed by atoms with Crippen LogP contribution in [0.4, 0.5) is 0 Å². The number of rotatable bonds is 4. The highest BCUT2D eigenvalue weighted by Gasteiger charge is 2.63. The summed E-state index contributed by atoms with van der Waals surface area (Å²) < 4.78 is 12.3. The molecule has 26 heavy (non-hydrogen) atoms. The van der Waals surface area contributed by atoms with Gasteiger partial charge >= 0.3 is 11.9 Å². The van der Waals surface area contributed by atoms with Gasteiger partial charge in [-0.1, -0.05) is 38.8 Å². The van der Waals surface area contributed by atoms with Crippen molar-refractivity contribution in [1.82, 2.24) is 0 Å². The summed E-state index contributed by atoms with van der Waals surface area (Å²) in [6.45, 7) is 10.9. The molecule has 0 bridgehead atoms. The van der Waals surface area contributed by atoms with Crippen LogP contribution in [-0.2, 0) is 19.1 Å². The van der Waals surface area contributed by atoms with Gasteiger partial charge in [-0.15, -0.1) is 0 Å².